The molecule has 0 spiro atoms. The summed E-state index contributed by atoms with van der Waals surface area (Å²) in [5.41, 5.74) is 1.84. The fourth-order valence-corrected chi connectivity index (χ4v) is 1.50. The number of hydrogen-bond donors (Lipinski definition) is 1. The Morgan fingerprint density at radius 1 is 1.54 bits per heavy atom. The first-order chi connectivity index (χ1) is 5.77. The van der Waals surface area contributed by atoms with Gasteiger partial charge in [-0.05, 0) is 11.6 Å². The van der Waals surface area contributed by atoms with Gasteiger partial charge in [0.1, 0.15) is 0 Å². The van der Waals surface area contributed by atoms with Gasteiger partial charge in [0.25, 0.3) is 0 Å². The van der Waals surface area contributed by atoms with Crippen molar-refractivity contribution < 1.29 is 4.39 Å². The summed E-state index contributed by atoms with van der Waals surface area (Å²) < 4.78 is 12.9. The molecule has 1 N–H and O–H groups in total. The Kier molecular flexibility index (Phi) is 3.47. The predicted octanol–water partition coefficient (Wildman–Crippen LogP) is 1.94. The minimum Gasteiger partial charge on any atom is -0.312 e. The van der Waals surface area contributed by atoms with E-state index in [1.165, 1.54) is 6.07 Å². The Morgan fingerprint density at radius 2 is 2.31 bits per heavy atom. The lowest BCUT2D eigenvalue weighted by atomic mass is 10.1. The summed E-state index contributed by atoms with van der Waals surface area (Å²) in [5.74, 6) is -0.431. The summed E-state index contributed by atoms with van der Waals surface area (Å²) in [5, 5.41) is 3.12. The number of nitrogens with zero attached hydrogens (tertiary/aromatic N) is 1. The van der Waals surface area contributed by atoms with Crippen LogP contribution in [0.3, 0.4) is 0 Å². The van der Waals surface area contributed by atoms with E-state index in [0.717, 1.165) is 24.2 Å². The number of halogens is 3. The number of aromatic nitrogens is 1. The summed E-state index contributed by atoms with van der Waals surface area (Å²) >= 11 is 5.54. The Labute approximate surface area is 86.9 Å². The monoisotopic (exact) mass is 222 g/mol. The molecule has 5 heteroatoms. The molecule has 0 saturated heterocycles. The molecule has 0 fully saturated rings. The summed E-state index contributed by atoms with van der Waals surface area (Å²) in [6.45, 7) is 1.58. The highest BCUT2D eigenvalue weighted by atomic mass is 35.5. The second-order valence-corrected chi connectivity index (χ2v) is 3.15. The van der Waals surface area contributed by atoms with Crippen LogP contribution in [0.15, 0.2) is 6.07 Å². The minimum absolute atomic E-state index is 0. The van der Waals surface area contributed by atoms with E-state index in [9.17, 15) is 4.39 Å². The molecule has 0 amide bonds. The van der Waals surface area contributed by atoms with Gasteiger partial charge >= 0.3 is 0 Å². The quantitative estimate of drug-likeness (QED) is 0.680. The number of pyridine rings is 1. The fourth-order valence-electron chi connectivity index (χ4n) is 1.34. The molecule has 1 aromatic heterocycles. The fraction of sp³-hybridized carbons (Fsp3) is 0.375. The molecule has 0 aromatic carbocycles. The first-order valence-electron chi connectivity index (χ1n) is 3.82. The molecular weight excluding hydrogens is 214 g/mol. The molecule has 0 atom stereocenters. The van der Waals surface area contributed by atoms with Crippen molar-refractivity contribution in [2.75, 3.05) is 6.54 Å². The van der Waals surface area contributed by atoms with E-state index < -0.39 is 5.82 Å². The van der Waals surface area contributed by atoms with E-state index in [4.69, 9.17) is 11.6 Å². The standard InChI is InChI=1S/C8H8ClFN2.ClH/c9-8-6(10)3-5-4-11-2-1-7(5)12-8;/h3,11H,1-2,4H2;1H. The smallest absolute Gasteiger partial charge is 0.165 e. The second kappa shape index (κ2) is 4.22. The van der Waals surface area contributed by atoms with E-state index >= 15 is 0 Å². The van der Waals surface area contributed by atoms with Crippen LogP contribution in [-0.2, 0) is 13.0 Å². The van der Waals surface area contributed by atoms with Crippen LogP contribution >= 0.6 is 24.0 Å². The third-order valence-electron chi connectivity index (χ3n) is 1.96. The summed E-state index contributed by atoms with van der Waals surface area (Å²) in [6, 6.07) is 1.46. The van der Waals surface area contributed by atoms with Gasteiger partial charge in [0.15, 0.2) is 11.0 Å². The maximum Gasteiger partial charge on any atom is 0.165 e. The summed E-state index contributed by atoms with van der Waals surface area (Å²) in [4.78, 5) is 3.96. The number of fused-ring (bicyclic) bond motifs is 1. The van der Waals surface area contributed by atoms with E-state index in [0.29, 0.717) is 6.54 Å². The zero-order valence-electron chi connectivity index (χ0n) is 6.81. The minimum atomic E-state index is -0.431. The van der Waals surface area contributed by atoms with Crippen molar-refractivity contribution in [1.82, 2.24) is 10.3 Å². The van der Waals surface area contributed by atoms with E-state index in [1.807, 2.05) is 0 Å². The number of nitrogens with one attached hydrogen (secondary N) is 1. The van der Waals surface area contributed by atoms with Crippen molar-refractivity contribution in [2.24, 2.45) is 0 Å². The van der Waals surface area contributed by atoms with Gasteiger partial charge in [0.05, 0.1) is 0 Å². The Balaban J connectivity index is 0.000000845. The van der Waals surface area contributed by atoms with Gasteiger partial charge in [-0.1, -0.05) is 11.6 Å². The predicted molar refractivity (Wildman–Crippen MR) is 51.9 cm³/mol. The van der Waals surface area contributed by atoms with Gasteiger partial charge in [0, 0.05) is 25.2 Å². The highest BCUT2D eigenvalue weighted by Gasteiger charge is 2.13. The van der Waals surface area contributed by atoms with Crippen molar-refractivity contribution in [3.8, 4) is 0 Å². The van der Waals surface area contributed by atoms with Gasteiger partial charge in [-0.3, -0.25) is 0 Å². The van der Waals surface area contributed by atoms with Crippen LogP contribution in [0, 0.1) is 5.82 Å². The van der Waals surface area contributed by atoms with E-state index in [2.05, 4.69) is 10.3 Å². The topological polar surface area (TPSA) is 24.9 Å². The first-order valence-corrected chi connectivity index (χ1v) is 4.19. The highest BCUT2D eigenvalue weighted by Crippen LogP contribution is 2.18. The lowest BCUT2D eigenvalue weighted by molar-refractivity contribution is 0.589. The van der Waals surface area contributed by atoms with Crippen LogP contribution in [0.1, 0.15) is 11.3 Å². The van der Waals surface area contributed by atoms with E-state index in [-0.39, 0.29) is 17.6 Å². The SMILES string of the molecule is Cl.Fc1cc2c(nc1Cl)CCNC2. The van der Waals surface area contributed by atoms with Gasteiger partial charge in [-0.25, -0.2) is 9.37 Å². The summed E-state index contributed by atoms with van der Waals surface area (Å²) in [6.07, 6.45) is 0.829. The van der Waals surface area contributed by atoms with Crippen LogP contribution in [-0.4, -0.2) is 11.5 Å². The average molecular weight is 223 g/mol. The molecule has 0 unspecified atom stereocenters. The molecule has 0 saturated carbocycles. The maximum absolute atomic E-state index is 12.9. The average Bonchev–Trinajstić information content (AvgIpc) is 2.07. The van der Waals surface area contributed by atoms with Crippen molar-refractivity contribution in [3.63, 3.8) is 0 Å². The van der Waals surface area contributed by atoms with Crippen molar-refractivity contribution >= 4 is 24.0 Å². The van der Waals surface area contributed by atoms with Crippen molar-refractivity contribution in [2.45, 2.75) is 13.0 Å². The number of rotatable bonds is 0. The molecule has 0 aliphatic carbocycles. The molecule has 0 bridgehead atoms. The maximum atomic E-state index is 12.9. The van der Waals surface area contributed by atoms with Crippen LogP contribution in [0.4, 0.5) is 4.39 Å². The molecule has 72 valence electrons. The Bertz CT molecular complexity index is 286. The van der Waals surface area contributed by atoms with Crippen LogP contribution in [0.5, 0.6) is 0 Å². The van der Waals surface area contributed by atoms with Crippen LogP contribution < -0.4 is 5.32 Å². The van der Waals surface area contributed by atoms with Crippen molar-refractivity contribution in [3.05, 3.63) is 28.3 Å². The Morgan fingerprint density at radius 3 is 3.08 bits per heavy atom. The van der Waals surface area contributed by atoms with Gasteiger partial charge in [0.2, 0.25) is 0 Å². The lowest BCUT2D eigenvalue weighted by Gasteiger charge is -2.15. The van der Waals surface area contributed by atoms with Gasteiger partial charge < -0.3 is 5.32 Å². The lowest BCUT2D eigenvalue weighted by Crippen LogP contribution is -2.24. The van der Waals surface area contributed by atoms with Crippen LogP contribution in [0.25, 0.3) is 0 Å². The zero-order chi connectivity index (χ0) is 8.55. The number of hydrogen-bond acceptors (Lipinski definition) is 2. The van der Waals surface area contributed by atoms with E-state index in [1.54, 1.807) is 0 Å². The molecule has 13 heavy (non-hydrogen) atoms. The third-order valence-corrected chi connectivity index (χ3v) is 2.22. The molecule has 1 aromatic rings. The Hall–Kier alpha value is -0.380. The van der Waals surface area contributed by atoms with Crippen molar-refractivity contribution in [1.29, 1.82) is 0 Å². The molecule has 1 aliphatic heterocycles. The third kappa shape index (κ3) is 2.10. The highest BCUT2D eigenvalue weighted by molar-refractivity contribution is 6.29. The van der Waals surface area contributed by atoms with Gasteiger partial charge in [-0.2, -0.15) is 0 Å². The molecule has 2 nitrogen and oxygen atoms in total. The molecule has 0 radical (unpaired) electrons. The van der Waals surface area contributed by atoms with Crippen LogP contribution in [0.2, 0.25) is 5.15 Å². The molecule has 2 heterocycles. The molecule has 2 rings (SSSR count). The van der Waals surface area contributed by atoms with Gasteiger partial charge in [-0.15, -0.1) is 12.4 Å². The summed E-state index contributed by atoms with van der Waals surface area (Å²) in [7, 11) is 0. The molecular formula is C8H9Cl2FN2. The largest absolute Gasteiger partial charge is 0.312 e. The zero-order valence-corrected chi connectivity index (χ0v) is 8.38. The normalized spacial score (nSPS) is 14.6. The molecule has 1 aliphatic rings. The second-order valence-electron chi connectivity index (χ2n) is 2.79. The first kappa shape index (κ1) is 10.7.